The Morgan fingerprint density at radius 2 is 2.06 bits per heavy atom. The van der Waals surface area contributed by atoms with Crippen LogP contribution in [-0.4, -0.2) is 29.5 Å². The van der Waals surface area contributed by atoms with E-state index in [1.54, 1.807) is 23.1 Å². The van der Waals surface area contributed by atoms with Crippen molar-refractivity contribution in [3.05, 3.63) is 10.0 Å². The van der Waals surface area contributed by atoms with Gasteiger partial charge in [0.15, 0.2) is 0 Å². The number of hydrogen-bond donors (Lipinski definition) is 1. The van der Waals surface area contributed by atoms with Crippen molar-refractivity contribution < 1.29 is 0 Å². The summed E-state index contributed by atoms with van der Waals surface area (Å²) in [5, 5.41) is 14.1. The van der Waals surface area contributed by atoms with Gasteiger partial charge >= 0.3 is 0 Å². The van der Waals surface area contributed by atoms with E-state index in [9.17, 15) is 0 Å². The molecule has 0 aliphatic rings. The predicted molar refractivity (Wildman–Crippen MR) is 73.2 cm³/mol. The summed E-state index contributed by atoms with van der Waals surface area (Å²) < 4.78 is 0. The quantitative estimate of drug-likeness (QED) is 0.728. The smallest absolute Gasteiger partial charge is 0.127 e. The summed E-state index contributed by atoms with van der Waals surface area (Å²) in [6.45, 7) is 6.64. The maximum absolute atomic E-state index is 4.19. The minimum absolute atomic E-state index is 0.731. The topological polar surface area (TPSA) is 37.8 Å². The van der Waals surface area contributed by atoms with Gasteiger partial charge in [-0.15, -0.1) is 21.5 Å². The Bertz CT molecular complexity index is 287. The second-order valence-corrected chi connectivity index (χ2v) is 6.24. The van der Waals surface area contributed by atoms with Crippen molar-refractivity contribution in [3.63, 3.8) is 0 Å². The maximum Gasteiger partial charge on any atom is 0.127 e. The molecule has 0 fully saturated rings. The monoisotopic (exact) mass is 259 g/mol. The second kappa shape index (κ2) is 8.03. The molecule has 0 saturated carbocycles. The van der Waals surface area contributed by atoms with Crippen LogP contribution in [-0.2, 0) is 12.2 Å². The van der Waals surface area contributed by atoms with Crippen molar-refractivity contribution in [3.8, 4) is 0 Å². The van der Waals surface area contributed by atoms with Crippen LogP contribution in [0.25, 0.3) is 0 Å². The molecular formula is C11H21N3S2. The molecule has 0 aliphatic carbocycles. The van der Waals surface area contributed by atoms with Gasteiger partial charge in [-0.1, -0.05) is 13.8 Å². The second-order valence-electron chi connectivity index (χ2n) is 4.22. The highest BCUT2D eigenvalue weighted by Crippen LogP contribution is 2.15. The minimum atomic E-state index is 0.731. The first-order valence-corrected chi connectivity index (χ1v) is 7.94. The molecule has 92 valence electrons. The van der Waals surface area contributed by atoms with Crippen LogP contribution in [0.4, 0.5) is 0 Å². The Morgan fingerprint density at radius 3 is 2.75 bits per heavy atom. The lowest BCUT2D eigenvalue weighted by Crippen LogP contribution is -2.21. The number of rotatable bonds is 8. The van der Waals surface area contributed by atoms with Crippen molar-refractivity contribution >= 4 is 23.1 Å². The highest BCUT2D eigenvalue weighted by molar-refractivity contribution is 7.97. The number of thioether (sulfide) groups is 1. The molecule has 1 N–H and O–H groups in total. The van der Waals surface area contributed by atoms with Gasteiger partial charge in [-0.25, -0.2) is 0 Å². The third-order valence-electron chi connectivity index (χ3n) is 2.07. The van der Waals surface area contributed by atoms with Crippen LogP contribution < -0.4 is 5.32 Å². The zero-order chi connectivity index (χ0) is 11.8. The highest BCUT2D eigenvalue weighted by Gasteiger charge is 2.03. The van der Waals surface area contributed by atoms with Gasteiger partial charge in [0.05, 0.1) is 0 Å². The summed E-state index contributed by atoms with van der Waals surface area (Å²) in [6, 6.07) is 0. The van der Waals surface area contributed by atoms with Crippen molar-refractivity contribution in [2.75, 3.05) is 19.3 Å². The summed E-state index contributed by atoms with van der Waals surface area (Å²) in [6.07, 6.45) is 4.30. The van der Waals surface area contributed by atoms with E-state index < -0.39 is 0 Å². The zero-order valence-corrected chi connectivity index (χ0v) is 12.0. The molecular weight excluding hydrogens is 238 g/mol. The van der Waals surface area contributed by atoms with Crippen LogP contribution in [0.1, 0.15) is 30.3 Å². The van der Waals surface area contributed by atoms with E-state index in [4.69, 9.17) is 0 Å². The number of hydrogen-bond acceptors (Lipinski definition) is 5. The summed E-state index contributed by atoms with van der Waals surface area (Å²) in [4.78, 5) is 0. The molecule has 0 aromatic carbocycles. The van der Waals surface area contributed by atoms with E-state index in [2.05, 4.69) is 35.6 Å². The minimum Gasteiger partial charge on any atom is -0.316 e. The van der Waals surface area contributed by atoms with E-state index in [-0.39, 0.29) is 0 Å². The molecule has 3 nitrogen and oxygen atoms in total. The number of nitrogens with zero attached hydrogens (tertiary/aromatic N) is 2. The Kier molecular flexibility index (Phi) is 7.00. The summed E-state index contributed by atoms with van der Waals surface area (Å²) >= 11 is 3.55. The molecule has 1 heterocycles. The van der Waals surface area contributed by atoms with E-state index in [1.807, 2.05) is 0 Å². The fourth-order valence-corrected chi connectivity index (χ4v) is 2.90. The Hall–Kier alpha value is -0.130. The van der Waals surface area contributed by atoms with Crippen LogP contribution >= 0.6 is 23.1 Å². The lowest BCUT2D eigenvalue weighted by molar-refractivity contribution is 0.542. The molecule has 0 saturated heterocycles. The van der Waals surface area contributed by atoms with E-state index in [0.717, 1.165) is 42.6 Å². The van der Waals surface area contributed by atoms with Gasteiger partial charge in [0.2, 0.25) is 0 Å². The molecule has 0 radical (unpaired) electrons. The highest BCUT2D eigenvalue weighted by atomic mass is 32.2. The predicted octanol–water partition coefficient (Wildman–Crippen LogP) is 2.58. The van der Waals surface area contributed by atoms with E-state index in [1.165, 1.54) is 5.01 Å². The standard InChI is InChI=1S/C11H21N3S2/c1-9(2)7-12-6-4-5-10-13-14-11(16-10)8-15-3/h9,12H,4-8H2,1-3H3. The molecule has 0 aliphatic heterocycles. The van der Waals surface area contributed by atoms with Gasteiger partial charge < -0.3 is 5.32 Å². The van der Waals surface area contributed by atoms with Crippen LogP contribution in [0.5, 0.6) is 0 Å². The van der Waals surface area contributed by atoms with Crippen molar-refractivity contribution in [1.29, 1.82) is 0 Å². The lowest BCUT2D eigenvalue weighted by atomic mass is 10.2. The Morgan fingerprint density at radius 1 is 1.31 bits per heavy atom. The molecule has 1 aromatic heterocycles. The maximum atomic E-state index is 4.19. The first-order chi connectivity index (χ1) is 7.72. The van der Waals surface area contributed by atoms with Gasteiger partial charge in [0, 0.05) is 12.2 Å². The van der Waals surface area contributed by atoms with Crippen molar-refractivity contribution in [2.24, 2.45) is 5.92 Å². The van der Waals surface area contributed by atoms with Gasteiger partial charge in [-0.3, -0.25) is 0 Å². The molecule has 0 spiro atoms. The summed E-state index contributed by atoms with van der Waals surface area (Å²) in [5.74, 6) is 1.72. The lowest BCUT2D eigenvalue weighted by Gasteiger charge is -2.05. The molecule has 0 atom stereocenters. The Balaban J connectivity index is 2.12. The van der Waals surface area contributed by atoms with Crippen molar-refractivity contribution in [1.82, 2.24) is 15.5 Å². The zero-order valence-electron chi connectivity index (χ0n) is 10.3. The number of aryl methyl sites for hydroxylation is 1. The molecule has 1 aromatic rings. The van der Waals surface area contributed by atoms with Crippen LogP contribution in [0, 0.1) is 5.92 Å². The fourth-order valence-electron chi connectivity index (χ4n) is 1.33. The van der Waals surface area contributed by atoms with Gasteiger partial charge in [-0.05, 0) is 31.7 Å². The molecule has 0 bridgehead atoms. The fraction of sp³-hybridized carbons (Fsp3) is 0.818. The molecule has 0 amide bonds. The average Bonchev–Trinajstić information content (AvgIpc) is 2.65. The van der Waals surface area contributed by atoms with Gasteiger partial charge in [0.1, 0.15) is 10.0 Å². The first kappa shape index (κ1) is 13.9. The third-order valence-corrected chi connectivity index (χ3v) is 3.80. The SMILES string of the molecule is CSCc1nnc(CCCNCC(C)C)s1. The third kappa shape index (κ3) is 5.82. The number of nitrogens with one attached hydrogen (secondary N) is 1. The van der Waals surface area contributed by atoms with Gasteiger partial charge in [-0.2, -0.15) is 11.8 Å². The van der Waals surface area contributed by atoms with Crippen LogP contribution in [0.3, 0.4) is 0 Å². The van der Waals surface area contributed by atoms with E-state index >= 15 is 0 Å². The summed E-state index contributed by atoms with van der Waals surface area (Å²) in [5.41, 5.74) is 0. The molecule has 1 rings (SSSR count). The van der Waals surface area contributed by atoms with Crippen molar-refractivity contribution in [2.45, 2.75) is 32.4 Å². The largest absolute Gasteiger partial charge is 0.316 e. The number of aromatic nitrogens is 2. The van der Waals surface area contributed by atoms with Gasteiger partial charge in [0.25, 0.3) is 0 Å². The first-order valence-electron chi connectivity index (χ1n) is 5.73. The average molecular weight is 259 g/mol. The van der Waals surface area contributed by atoms with E-state index in [0.29, 0.717) is 0 Å². The van der Waals surface area contributed by atoms with Crippen LogP contribution in [0.2, 0.25) is 0 Å². The summed E-state index contributed by atoms with van der Waals surface area (Å²) in [7, 11) is 0. The normalized spacial score (nSPS) is 11.2. The molecule has 5 heteroatoms. The molecule has 16 heavy (non-hydrogen) atoms. The molecule has 0 unspecified atom stereocenters. The van der Waals surface area contributed by atoms with Crippen LogP contribution in [0.15, 0.2) is 0 Å². The Labute approximate surface area is 106 Å².